The molecule has 0 aliphatic heterocycles. The van der Waals surface area contributed by atoms with Crippen molar-refractivity contribution >= 4 is 7.81 Å². The molecule has 0 nitrogen and oxygen atoms in total. The van der Waals surface area contributed by atoms with Gasteiger partial charge in [-0.2, -0.15) is 0 Å². The normalized spacial score (nSPS) is 20.2. The van der Waals surface area contributed by atoms with Gasteiger partial charge in [0.05, 0.1) is 0 Å². The minimum absolute atomic E-state index is 0. The molecule has 1 radical (unpaired) electrons. The third-order valence-electron chi connectivity index (χ3n) is 0. The van der Waals surface area contributed by atoms with Crippen LogP contribution in [0.15, 0.2) is 0 Å². The Morgan fingerprint density at radius 1 is 0.625 bits per heavy atom. The summed E-state index contributed by atoms with van der Waals surface area (Å²) in [7, 11) is -10.7. The van der Waals surface area contributed by atoms with Gasteiger partial charge in [-0.05, 0) is 0 Å². The van der Waals surface area contributed by atoms with E-state index in [1.54, 1.807) is 0 Å². The smallest absolute Gasteiger partial charge is 0 e. The first-order valence-corrected chi connectivity index (χ1v) is 3.04. The fraction of sp³-hybridized carbons (Fsp3) is 0. The fourth-order valence-electron chi connectivity index (χ4n) is 0. The largest absolute Gasteiger partial charge is 0 e. The molecule has 0 bridgehead atoms. The molecule has 0 heterocycles. The van der Waals surface area contributed by atoms with Crippen LogP contribution in [-0.2, 0) is 22.4 Å². The molecular weight excluding hydrogens is 342 g/mol. The van der Waals surface area contributed by atoms with Crippen LogP contribution in [0.1, 0.15) is 0 Å². The van der Waals surface area contributed by atoms with E-state index in [2.05, 4.69) is 0 Å². The Labute approximate surface area is 56.0 Å². The third kappa shape index (κ3) is 397. The summed E-state index contributed by atoms with van der Waals surface area (Å²) < 4.78 is 59.2. The van der Waals surface area contributed by atoms with Gasteiger partial charge in [0.2, 0.25) is 0 Å². The van der Waals surface area contributed by atoms with Gasteiger partial charge in [0, 0.05) is 22.4 Å². The van der Waals surface area contributed by atoms with Crippen LogP contribution in [0.5, 0.6) is 0 Å². The molecule has 0 rings (SSSR count). The zero-order chi connectivity index (χ0) is 6.41. The topological polar surface area (TPSA) is 0 Å². The first-order valence-electron chi connectivity index (χ1n) is 1.01. The van der Waals surface area contributed by atoms with Crippen molar-refractivity contribution in [3.63, 3.8) is 0 Å². The van der Waals surface area contributed by atoms with Crippen LogP contribution in [0.4, 0.5) is 25.2 Å². The van der Waals surface area contributed by atoms with Crippen molar-refractivity contribution in [2.45, 2.75) is 0 Å². The summed E-state index contributed by atoms with van der Waals surface area (Å²) in [5.41, 5.74) is 0. The Morgan fingerprint density at radius 3 is 0.625 bits per heavy atom. The predicted octanol–water partition coefficient (Wildman–Crippen LogP) is 3.38. The molecule has 0 N–H and O–H groups in total. The minimum atomic E-state index is -10.7. The molecule has 0 amide bonds. The number of rotatable bonds is 0. The average molecular weight is 342 g/mol. The van der Waals surface area contributed by atoms with E-state index in [1.165, 1.54) is 0 Å². The molecular formula is AuF6P-. The fourth-order valence-corrected chi connectivity index (χ4v) is 0. The Bertz CT molecular complexity index is 67.1. The molecule has 8 heteroatoms. The Balaban J connectivity index is 0. The van der Waals surface area contributed by atoms with E-state index in [0.29, 0.717) is 0 Å². The van der Waals surface area contributed by atoms with E-state index >= 15 is 0 Å². The van der Waals surface area contributed by atoms with Crippen molar-refractivity contribution in [2.24, 2.45) is 0 Å². The SMILES string of the molecule is F[P-](F)(F)(F)(F)F.[Au]. The van der Waals surface area contributed by atoms with Gasteiger partial charge >= 0.3 is 33.0 Å². The van der Waals surface area contributed by atoms with Gasteiger partial charge in [0.15, 0.2) is 0 Å². The molecule has 0 aromatic rings. The van der Waals surface area contributed by atoms with Crippen LogP contribution in [0, 0.1) is 0 Å². The Kier molecular flexibility index (Phi) is 2.05. The Morgan fingerprint density at radius 2 is 0.625 bits per heavy atom. The predicted molar refractivity (Wildman–Crippen MR) is 13.6 cm³/mol. The molecule has 0 aromatic heterocycles. The zero-order valence-corrected chi connectivity index (χ0v) is 6.08. The van der Waals surface area contributed by atoms with Gasteiger partial charge in [-0.25, -0.2) is 0 Å². The van der Waals surface area contributed by atoms with Gasteiger partial charge in [0.1, 0.15) is 0 Å². The van der Waals surface area contributed by atoms with Gasteiger partial charge in [-0.1, -0.05) is 0 Å². The molecule has 0 aliphatic carbocycles. The van der Waals surface area contributed by atoms with Gasteiger partial charge in [-0.15, -0.1) is 0 Å². The van der Waals surface area contributed by atoms with Crippen molar-refractivity contribution < 1.29 is 47.6 Å². The van der Waals surface area contributed by atoms with E-state index in [-0.39, 0.29) is 22.4 Å². The second-order valence-electron chi connectivity index (χ2n) is 0.958. The van der Waals surface area contributed by atoms with Crippen LogP contribution in [-0.4, -0.2) is 0 Å². The summed E-state index contributed by atoms with van der Waals surface area (Å²) in [5.74, 6) is 0. The molecule has 0 aliphatic rings. The quantitative estimate of drug-likeness (QED) is 0.360. The summed E-state index contributed by atoms with van der Waals surface area (Å²) in [4.78, 5) is 0. The number of hydrogen-bond donors (Lipinski definition) is 0. The van der Waals surface area contributed by atoms with Crippen LogP contribution in [0.25, 0.3) is 0 Å². The summed E-state index contributed by atoms with van der Waals surface area (Å²) >= 11 is 0. The van der Waals surface area contributed by atoms with Crippen molar-refractivity contribution in [1.82, 2.24) is 0 Å². The van der Waals surface area contributed by atoms with Crippen LogP contribution >= 0.6 is 7.81 Å². The summed E-state index contributed by atoms with van der Waals surface area (Å²) in [6, 6.07) is 0. The standard InChI is InChI=1S/Au.F6P/c;1-7(2,3,4,5)6/q;-1. The average Bonchev–Trinajstić information content (AvgIpc) is 0.592. The van der Waals surface area contributed by atoms with Crippen molar-refractivity contribution in [3.8, 4) is 0 Å². The molecule has 0 aromatic carbocycles. The maximum Gasteiger partial charge on any atom is 0 e. The van der Waals surface area contributed by atoms with Gasteiger partial charge in [-0.3, -0.25) is 0 Å². The van der Waals surface area contributed by atoms with Crippen LogP contribution in [0.2, 0.25) is 0 Å². The van der Waals surface area contributed by atoms with Crippen molar-refractivity contribution in [1.29, 1.82) is 0 Å². The van der Waals surface area contributed by atoms with Crippen LogP contribution < -0.4 is 0 Å². The maximum absolute atomic E-state index is 10.7. The van der Waals surface area contributed by atoms with E-state index in [1.807, 2.05) is 0 Å². The first-order chi connectivity index (χ1) is 2.45. The second-order valence-corrected chi connectivity index (χ2v) is 2.87. The number of hydrogen-bond acceptors (Lipinski definition) is 0. The van der Waals surface area contributed by atoms with Gasteiger partial charge in [0.25, 0.3) is 0 Å². The molecule has 59 valence electrons. The number of halogens is 6. The Hall–Kier alpha value is 0.750. The molecule has 0 saturated carbocycles. The molecule has 0 atom stereocenters. The van der Waals surface area contributed by atoms with Crippen molar-refractivity contribution in [2.75, 3.05) is 0 Å². The maximum atomic E-state index is 9.87. The van der Waals surface area contributed by atoms with Crippen LogP contribution in [0.3, 0.4) is 0 Å². The van der Waals surface area contributed by atoms with E-state index in [4.69, 9.17) is 0 Å². The van der Waals surface area contributed by atoms with E-state index in [0.717, 1.165) is 0 Å². The molecule has 0 fully saturated rings. The first kappa shape index (κ1) is 11.5. The summed E-state index contributed by atoms with van der Waals surface area (Å²) in [6.07, 6.45) is 0. The second kappa shape index (κ2) is 1.42. The van der Waals surface area contributed by atoms with E-state index in [9.17, 15) is 25.2 Å². The zero-order valence-electron chi connectivity index (χ0n) is 3.02. The summed E-state index contributed by atoms with van der Waals surface area (Å²) in [5, 5.41) is 0. The van der Waals surface area contributed by atoms with E-state index < -0.39 is 7.81 Å². The molecule has 0 saturated heterocycles. The third-order valence-corrected chi connectivity index (χ3v) is 0. The molecule has 0 spiro atoms. The molecule has 0 unspecified atom stereocenters. The molecule has 8 heavy (non-hydrogen) atoms. The summed E-state index contributed by atoms with van der Waals surface area (Å²) in [6.45, 7) is 0. The monoisotopic (exact) mass is 342 g/mol. The van der Waals surface area contributed by atoms with Crippen molar-refractivity contribution in [3.05, 3.63) is 0 Å². The van der Waals surface area contributed by atoms with Gasteiger partial charge < -0.3 is 0 Å². The minimum Gasteiger partial charge on any atom is 0 e.